The van der Waals surface area contributed by atoms with E-state index in [0.29, 0.717) is 75.7 Å². The van der Waals surface area contributed by atoms with Crippen LogP contribution in [0.4, 0.5) is 20.3 Å². The molecule has 4 aromatic heterocycles. The zero-order valence-corrected chi connectivity index (χ0v) is 33.0. The first-order chi connectivity index (χ1) is 28.7. The maximum absolute atomic E-state index is 14.3. The minimum atomic E-state index is -2.84. The summed E-state index contributed by atoms with van der Waals surface area (Å²) in [5.41, 5.74) is 2.32. The number of hydrogen-bond acceptors (Lipinski definition) is 11. The number of halogens is 2. The number of para-hydroxylation sites is 1. The monoisotopic (exact) mass is 817 g/mol. The summed E-state index contributed by atoms with van der Waals surface area (Å²) in [7, 11) is 1.71. The molecule has 7 heterocycles. The van der Waals surface area contributed by atoms with Gasteiger partial charge in [-0.15, -0.1) is 0 Å². The van der Waals surface area contributed by atoms with Gasteiger partial charge in [0, 0.05) is 59.0 Å². The molecular weight excluding hydrogens is 769 g/mol. The summed E-state index contributed by atoms with van der Waals surface area (Å²) in [6, 6.07) is 6.83. The number of aryl methyl sites for hydroxylation is 3. The number of imidazole rings is 1. The lowest BCUT2D eigenvalue weighted by atomic mass is 10.0. The fourth-order valence-electron chi connectivity index (χ4n) is 8.44. The number of amides is 3. The number of aromatic nitrogens is 7. The molecule has 0 aliphatic carbocycles. The quantitative estimate of drug-likeness (QED) is 0.117. The molecule has 59 heavy (non-hydrogen) atoms. The van der Waals surface area contributed by atoms with Gasteiger partial charge in [0.2, 0.25) is 11.8 Å². The normalized spacial score (nSPS) is 18.4. The second kappa shape index (κ2) is 17.8. The molecule has 1 unspecified atom stereocenters. The number of piperidine rings is 2. The molecule has 5 aromatic rings. The highest BCUT2D eigenvalue weighted by Gasteiger charge is 2.32. The fraction of sp³-hybridized carbons (Fsp3) is 0.525. The summed E-state index contributed by atoms with van der Waals surface area (Å²) >= 11 is 0. The van der Waals surface area contributed by atoms with Crippen molar-refractivity contribution in [1.29, 1.82) is 0 Å². The first-order valence-electron chi connectivity index (χ1n) is 20.3. The Morgan fingerprint density at radius 2 is 1.80 bits per heavy atom. The molecule has 3 aliphatic heterocycles. The Balaban J connectivity index is 0.774. The van der Waals surface area contributed by atoms with Crippen molar-refractivity contribution in [2.75, 3.05) is 62.8 Å². The van der Waals surface area contributed by atoms with Crippen molar-refractivity contribution in [1.82, 2.24) is 43.7 Å². The molecule has 1 atom stereocenters. The molecule has 0 saturated carbocycles. The molecule has 0 bridgehead atoms. The largest absolute Gasteiger partial charge is 0.378 e. The van der Waals surface area contributed by atoms with Crippen LogP contribution >= 0.6 is 0 Å². The number of nitrogens with zero attached hydrogens (tertiary/aromatic N) is 9. The van der Waals surface area contributed by atoms with Gasteiger partial charge in [-0.1, -0.05) is 12.1 Å². The van der Waals surface area contributed by atoms with Crippen LogP contribution in [0.1, 0.15) is 79.0 Å². The average Bonchev–Trinajstić information content (AvgIpc) is 3.93. The number of fused-ring (bicyclic) bond motifs is 2. The summed E-state index contributed by atoms with van der Waals surface area (Å²) in [4.78, 5) is 59.9. The molecule has 3 aliphatic rings. The standard InChI is InChI=1S/C40H49F2N11O6/c1-48-34-26(6-4-8-30(34)53(40(48)57)31-9-10-33(54)47-39(31)56)7-5-21-59-27-11-16-49(17-12-27)14-2-3-15-51-35(36(41)42)29(25-44-51)45-38(55)28-24-43-52-18-13-32(46-37(28)52)50-19-22-58-23-20-50/h4,6,8,13,18,24-25,27,31,36H,2-3,5,7,9-12,14-17,19-23H2,1H3,(H,45,55)(H,47,54,56). The molecule has 2 N–H and O–H groups in total. The number of hydrogen-bond donors (Lipinski definition) is 2. The summed E-state index contributed by atoms with van der Waals surface area (Å²) in [6.45, 7) is 5.97. The molecule has 0 spiro atoms. The smallest absolute Gasteiger partial charge is 0.329 e. The van der Waals surface area contributed by atoms with E-state index in [4.69, 9.17) is 9.47 Å². The number of benzene rings is 1. The zero-order valence-electron chi connectivity index (χ0n) is 33.0. The molecule has 314 valence electrons. The Hall–Kier alpha value is -5.53. The van der Waals surface area contributed by atoms with Crippen LogP contribution in [0.5, 0.6) is 0 Å². The van der Waals surface area contributed by atoms with Crippen molar-refractivity contribution < 1.29 is 32.6 Å². The van der Waals surface area contributed by atoms with E-state index in [1.165, 1.54) is 26.2 Å². The Morgan fingerprint density at radius 1 is 1.00 bits per heavy atom. The minimum Gasteiger partial charge on any atom is -0.378 e. The zero-order chi connectivity index (χ0) is 41.0. The van der Waals surface area contributed by atoms with E-state index >= 15 is 0 Å². The maximum Gasteiger partial charge on any atom is 0.329 e. The first kappa shape index (κ1) is 40.3. The number of carbonyl (C=O) groups is 3. The summed E-state index contributed by atoms with van der Waals surface area (Å²) in [5.74, 6) is -0.677. The van der Waals surface area contributed by atoms with Crippen LogP contribution in [0, 0.1) is 0 Å². The number of unbranched alkanes of at least 4 members (excludes halogenated alkanes) is 1. The van der Waals surface area contributed by atoms with Crippen LogP contribution < -0.4 is 21.2 Å². The Labute approximate surface area is 338 Å². The van der Waals surface area contributed by atoms with Gasteiger partial charge in [0.1, 0.15) is 23.1 Å². The first-order valence-corrected chi connectivity index (χ1v) is 20.3. The number of anilines is 2. The average molecular weight is 818 g/mol. The summed E-state index contributed by atoms with van der Waals surface area (Å²) in [5, 5.41) is 13.4. The lowest BCUT2D eigenvalue weighted by Gasteiger charge is -2.32. The number of rotatable bonds is 15. The van der Waals surface area contributed by atoms with Crippen molar-refractivity contribution >= 4 is 45.9 Å². The SMILES string of the molecule is Cn1c(=O)n(C2CCC(=O)NC2=O)c2cccc(CCCOC3CCN(CCCCn4ncc(NC(=O)c5cnn6ccc(N7CCOCC7)nc56)c4C(F)F)CC3)c21. The van der Waals surface area contributed by atoms with Gasteiger partial charge in [-0.25, -0.2) is 23.1 Å². The van der Waals surface area contributed by atoms with E-state index in [9.17, 15) is 28.0 Å². The lowest BCUT2D eigenvalue weighted by Crippen LogP contribution is -2.44. The third kappa shape index (κ3) is 8.63. The molecule has 1 aromatic carbocycles. The minimum absolute atomic E-state index is 0.0395. The third-order valence-electron chi connectivity index (χ3n) is 11.6. The Kier molecular flexibility index (Phi) is 12.1. The van der Waals surface area contributed by atoms with Crippen LogP contribution in [-0.4, -0.2) is 115 Å². The maximum atomic E-state index is 14.3. The summed E-state index contributed by atoms with van der Waals surface area (Å²) < 4.78 is 46.2. The van der Waals surface area contributed by atoms with Gasteiger partial charge in [0.05, 0.1) is 48.4 Å². The third-order valence-corrected chi connectivity index (χ3v) is 11.6. The molecular formula is C40H49F2N11O6. The van der Waals surface area contributed by atoms with Crippen LogP contribution in [-0.2, 0) is 39.1 Å². The van der Waals surface area contributed by atoms with Crippen molar-refractivity contribution in [2.45, 2.75) is 76.5 Å². The van der Waals surface area contributed by atoms with Crippen molar-refractivity contribution in [3.8, 4) is 0 Å². The number of ether oxygens (including phenoxy) is 2. The van der Waals surface area contributed by atoms with E-state index in [-0.39, 0.29) is 41.1 Å². The topological polar surface area (TPSA) is 175 Å². The second-order valence-electron chi connectivity index (χ2n) is 15.3. The number of nitrogens with one attached hydrogen (secondary N) is 2. The number of carbonyl (C=O) groups excluding carboxylic acids is 3. The molecule has 3 saturated heterocycles. The van der Waals surface area contributed by atoms with Gasteiger partial charge in [-0.05, 0) is 69.2 Å². The van der Waals surface area contributed by atoms with Crippen LogP contribution in [0.25, 0.3) is 16.7 Å². The van der Waals surface area contributed by atoms with E-state index in [2.05, 4.69) is 35.6 Å². The molecule has 19 heteroatoms. The predicted octanol–water partition coefficient (Wildman–Crippen LogP) is 3.48. The highest BCUT2D eigenvalue weighted by atomic mass is 19.3. The van der Waals surface area contributed by atoms with E-state index in [0.717, 1.165) is 56.4 Å². The fourth-order valence-corrected chi connectivity index (χ4v) is 8.44. The second-order valence-corrected chi connectivity index (χ2v) is 15.3. The lowest BCUT2D eigenvalue weighted by molar-refractivity contribution is -0.135. The highest BCUT2D eigenvalue weighted by Crippen LogP contribution is 2.29. The van der Waals surface area contributed by atoms with E-state index < -0.39 is 24.3 Å². The van der Waals surface area contributed by atoms with Gasteiger partial charge < -0.3 is 24.6 Å². The summed E-state index contributed by atoms with van der Waals surface area (Å²) in [6.07, 6.45) is 6.87. The van der Waals surface area contributed by atoms with E-state index in [1.54, 1.807) is 17.8 Å². The van der Waals surface area contributed by atoms with Gasteiger partial charge in [0.25, 0.3) is 12.3 Å². The van der Waals surface area contributed by atoms with Gasteiger partial charge in [-0.3, -0.25) is 33.5 Å². The Morgan fingerprint density at radius 3 is 2.58 bits per heavy atom. The molecule has 3 amide bonds. The number of imide groups is 1. The Bertz CT molecular complexity index is 2370. The van der Waals surface area contributed by atoms with Gasteiger partial charge in [-0.2, -0.15) is 10.2 Å². The molecule has 17 nitrogen and oxygen atoms in total. The van der Waals surface area contributed by atoms with Gasteiger partial charge in [0.15, 0.2) is 5.65 Å². The van der Waals surface area contributed by atoms with Gasteiger partial charge >= 0.3 is 5.69 Å². The van der Waals surface area contributed by atoms with Crippen molar-refractivity contribution in [3.05, 3.63) is 70.2 Å². The molecule has 3 fully saturated rings. The van der Waals surface area contributed by atoms with Crippen LogP contribution in [0.2, 0.25) is 0 Å². The van der Waals surface area contributed by atoms with Crippen LogP contribution in [0.3, 0.4) is 0 Å². The number of alkyl halides is 2. The number of likely N-dealkylation sites (tertiary alicyclic amines) is 1. The van der Waals surface area contributed by atoms with Crippen LogP contribution in [0.15, 0.2) is 47.7 Å². The molecule has 8 rings (SSSR count). The van der Waals surface area contributed by atoms with Crippen molar-refractivity contribution in [3.63, 3.8) is 0 Å². The van der Waals surface area contributed by atoms with E-state index in [1.807, 2.05) is 24.3 Å². The molecule has 0 radical (unpaired) electrons. The van der Waals surface area contributed by atoms with Crippen molar-refractivity contribution in [2.24, 2.45) is 7.05 Å². The predicted molar refractivity (Wildman–Crippen MR) is 213 cm³/mol. The highest BCUT2D eigenvalue weighted by molar-refractivity contribution is 6.08. The number of morpholine rings is 1.